The first-order valence-electron chi connectivity index (χ1n) is 6.72. The van der Waals surface area contributed by atoms with Gasteiger partial charge in [-0.1, -0.05) is 20.3 Å². The van der Waals surface area contributed by atoms with Crippen LogP contribution in [-0.4, -0.2) is 48.0 Å². The van der Waals surface area contributed by atoms with Gasteiger partial charge in [0.15, 0.2) is 0 Å². The number of unbranched alkanes of at least 4 members (excludes halogenated alkanes) is 1. The van der Waals surface area contributed by atoms with Gasteiger partial charge in [-0.3, -0.25) is 4.90 Å². The predicted molar refractivity (Wildman–Crippen MR) is 66.6 cm³/mol. The number of hydrogen-bond donors (Lipinski definition) is 1. The quantitative estimate of drug-likeness (QED) is 0.756. The SMILES string of the molecule is CCCCN(C(C)CC)C1COCCC1O. The summed E-state index contributed by atoms with van der Waals surface area (Å²) in [5, 5.41) is 10.1. The zero-order valence-electron chi connectivity index (χ0n) is 11.0. The molecule has 0 spiro atoms. The summed E-state index contributed by atoms with van der Waals surface area (Å²) in [5.74, 6) is 0. The Morgan fingerprint density at radius 3 is 2.75 bits per heavy atom. The Morgan fingerprint density at radius 1 is 1.44 bits per heavy atom. The van der Waals surface area contributed by atoms with Crippen molar-refractivity contribution in [3.63, 3.8) is 0 Å². The zero-order valence-corrected chi connectivity index (χ0v) is 11.0. The molecule has 1 N–H and O–H groups in total. The van der Waals surface area contributed by atoms with Gasteiger partial charge in [-0.25, -0.2) is 0 Å². The lowest BCUT2D eigenvalue weighted by atomic mass is 10.0. The van der Waals surface area contributed by atoms with Crippen molar-refractivity contribution in [3.05, 3.63) is 0 Å². The molecule has 0 aromatic heterocycles. The van der Waals surface area contributed by atoms with E-state index in [-0.39, 0.29) is 12.1 Å². The fourth-order valence-electron chi connectivity index (χ4n) is 2.32. The number of hydrogen-bond acceptors (Lipinski definition) is 3. The van der Waals surface area contributed by atoms with Crippen molar-refractivity contribution >= 4 is 0 Å². The summed E-state index contributed by atoms with van der Waals surface area (Å²) in [4.78, 5) is 2.44. The molecule has 16 heavy (non-hydrogen) atoms. The smallest absolute Gasteiger partial charge is 0.0739 e. The number of rotatable bonds is 6. The first-order valence-corrected chi connectivity index (χ1v) is 6.72. The van der Waals surface area contributed by atoms with Gasteiger partial charge < -0.3 is 9.84 Å². The highest BCUT2D eigenvalue weighted by molar-refractivity contribution is 4.84. The molecule has 0 aliphatic carbocycles. The maximum absolute atomic E-state index is 10.1. The summed E-state index contributed by atoms with van der Waals surface area (Å²) in [6.07, 6.45) is 4.11. The van der Waals surface area contributed by atoms with Crippen LogP contribution in [0.1, 0.15) is 46.5 Å². The molecule has 1 aliphatic rings. The van der Waals surface area contributed by atoms with Gasteiger partial charge in [0.2, 0.25) is 0 Å². The van der Waals surface area contributed by atoms with Crippen LogP contribution in [0.15, 0.2) is 0 Å². The summed E-state index contributed by atoms with van der Waals surface area (Å²) in [6, 6.07) is 0.739. The Balaban J connectivity index is 2.57. The van der Waals surface area contributed by atoms with E-state index in [0.29, 0.717) is 19.3 Å². The minimum Gasteiger partial charge on any atom is -0.391 e. The number of nitrogens with zero attached hydrogens (tertiary/aromatic N) is 1. The largest absolute Gasteiger partial charge is 0.391 e. The van der Waals surface area contributed by atoms with Crippen LogP contribution in [0.3, 0.4) is 0 Å². The highest BCUT2D eigenvalue weighted by atomic mass is 16.5. The molecule has 0 saturated carbocycles. The molecular formula is C13H27NO2. The summed E-state index contributed by atoms with van der Waals surface area (Å²) in [6.45, 7) is 9.14. The van der Waals surface area contributed by atoms with Gasteiger partial charge in [0.05, 0.1) is 18.8 Å². The molecule has 1 heterocycles. The molecule has 96 valence electrons. The van der Waals surface area contributed by atoms with Gasteiger partial charge in [0.1, 0.15) is 0 Å². The van der Waals surface area contributed by atoms with E-state index in [1.54, 1.807) is 0 Å². The van der Waals surface area contributed by atoms with Crippen molar-refractivity contribution in [2.24, 2.45) is 0 Å². The van der Waals surface area contributed by atoms with Gasteiger partial charge in [0.25, 0.3) is 0 Å². The van der Waals surface area contributed by atoms with Crippen LogP contribution in [-0.2, 0) is 4.74 Å². The lowest BCUT2D eigenvalue weighted by Crippen LogP contribution is -2.53. The lowest BCUT2D eigenvalue weighted by Gasteiger charge is -2.40. The molecule has 3 heteroatoms. The molecule has 1 aliphatic heterocycles. The summed E-state index contributed by atoms with van der Waals surface area (Å²) >= 11 is 0. The maximum atomic E-state index is 10.1. The molecule has 3 nitrogen and oxygen atoms in total. The monoisotopic (exact) mass is 229 g/mol. The second-order valence-corrected chi connectivity index (χ2v) is 4.85. The van der Waals surface area contributed by atoms with Crippen LogP contribution in [0.25, 0.3) is 0 Å². The maximum Gasteiger partial charge on any atom is 0.0739 e. The van der Waals surface area contributed by atoms with Crippen LogP contribution in [0.5, 0.6) is 0 Å². The number of ether oxygens (including phenoxy) is 1. The Bertz CT molecular complexity index is 187. The van der Waals surface area contributed by atoms with E-state index in [0.717, 1.165) is 19.4 Å². The molecule has 0 amide bonds. The van der Waals surface area contributed by atoms with E-state index >= 15 is 0 Å². The first-order chi connectivity index (χ1) is 7.70. The molecule has 3 unspecified atom stereocenters. The number of aliphatic hydroxyl groups excluding tert-OH is 1. The molecule has 0 aromatic carbocycles. The molecule has 1 saturated heterocycles. The van der Waals surface area contributed by atoms with Crippen LogP contribution in [0, 0.1) is 0 Å². The van der Waals surface area contributed by atoms with Crippen molar-refractivity contribution in [1.29, 1.82) is 0 Å². The third-order valence-electron chi connectivity index (χ3n) is 3.64. The molecule has 0 radical (unpaired) electrons. The van der Waals surface area contributed by atoms with Gasteiger partial charge in [-0.2, -0.15) is 0 Å². The Labute approximate surface area is 99.8 Å². The minimum absolute atomic E-state index is 0.204. The van der Waals surface area contributed by atoms with E-state index in [9.17, 15) is 5.11 Å². The summed E-state index contributed by atoms with van der Waals surface area (Å²) < 4.78 is 5.51. The van der Waals surface area contributed by atoms with Gasteiger partial charge in [0, 0.05) is 12.6 Å². The average molecular weight is 229 g/mol. The second-order valence-electron chi connectivity index (χ2n) is 4.85. The predicted octanol–water partition coefficient (Wildman–Crippen LogP) is 2.04. The summed E-state index contributed by atoms with van der Waals surface area (Å²) in [7, 11) is 0. The highest BCUT2D eigenvalue weighted by Gasteiger charge is 2.31. The summed E-state index contributed by atoms with van der Waals surface area (Å²) in [5.41, 5.74) is 0. The van der Waals surface area contributed by atoms with Crippen molar-refractivity contribution in [2.75, 3.05) is 19.8 Å². The Morgan fingerprint density at radius 2 is 2.19 bits per heavy atom. The van der Waals surface area contributed by atoms with E-state index in [1.165, 1.54) is 12.8 Å². The van der Waals surface area contributed by atoms with Crippen molar-refractivity contribution in [3.8, 4) is 0 Å². The van der Waals surface area contributed by atoms with Crippen LogP contribution in [0.2, 0.25) is 0 Å². The third-order valence-corrected chi connectivity index (χ3v) is 3.64. The Hall–Kier alpha value is -0.120. The standard InChI is InChI=1S/C13H27NO2/c1-4-6-8-14(11(3)5-2)12-10-16-9-7-13(12)15/h11-13,15H,4-10H2,1-3H3. The van der Waals surface area contributed by atoms with Gasteiger partial charge >= 0.3 is 0 Å². The van der Waals surface area contributed by atoms with E-state index < -0.39 is 0 Å². The fourth-order valence-corrected chi connectivity index (χ4v) is 2.32. The normalized spacial score (nSPS) is 28.3. The van der Waals surface area contributed by atoms with Crippen LogP contribution >= 0.6 is 0 Å². The third kappa shape index (κ3) is 3.72. The number of aliphatic hydroxyl groups is 1. The first kappa shape index (κ1) is 13.9. The van der Waals surface area contributed by atoms with Crippen molar-refractivity contribution in [1.82, 2.24) is 4.90 Å². The fraction of sp³-hybridized carbons (Fsp3) is 1.00. The average Bonchev–Trinajstić information content (AvgIpc) is 2.31. The van der Waals surface area contributed by atoms with Gasteiger partial charge in [-0.15, -0.1) is 0 Å². The molecule has 0 aromatic rings. The minimum atomic E-state index is -0.209. The van der Waals surface area contributed by atoms with E-state index in [2.05, 4.69) is 25.7 Å². The molecule has 1 fully saturated rings. The zero-order chi connectivity index (χ0) is 12.0. The van der Waals surface area contributed by atoms with E-state index in [4.69, 9.17) is 4.74 Å². The highest BCUT2D eigenvalue weighted by Crippen LogP contribution is 2.19. The molecule has 0 bridgehead atoms. The van der Waals surface area contributed by atoms with E-state index in [1.807, 2.05) is 0 Å². The lowest BCUT2D eigenvalue weighted by molar-refractivity contribution is -0.0723. The van der Waals surface area contributed by atoms with Crippen LogP contribution in [0.4, 0.5) is 0 Å². The second kappa shape index (κ2) is 7.25. The molecular weight excluding hydrogens is 202 g/mol. The molecule has 1 rings (SSSR count). The van der Waals surface area contributed by atoms with Crippen molar-refractivity contribution < 1.29 is 9.84 Å². The van der Waals surface area contributed by atoms with Gasteiger partial charge in [-0.05, 0) is 32.7 Å². The van der Waals surface area contributed by atoms with Crippen molar-refractivity contribution in [2.45, 2.75) is 64.6 Å². The topological polar surface area (TPSA) is 32.7 Å². The Kier molecular flexibility index (Phi) is 6.32. The molecule has 3 atom stereocenters. The van der Waals surface area contributed by atoms with Crippen LogP contribution < -0.4 is 0 Å².